The fourth-order valence-corrected chi connectivity index (χ4v) is 1.04. The van der Waals surface area contributed by atoms with E-state index < -0.39 is 11.8 Å². The normalized spacial score (nSPS) is 9.00. The van der Waals surface area contributed by atoms with Gasteiger partial charge in [0.25, 0.3) is 0 Å². The second-order valence-electron chi connectivity index (χ2n) is 2.60. The molecular weight excluding hydrogens is 219 g/mol. The molecule has 1 aromatic rings. The zero-order valence-electron chi connectivity index (χ0n) is 8.01. The average molecular weight is 227 g/mol. The molecule has 1 aromatic carbocycles. The van der Waals surface area contributed by atoms with Crippen molar-refractivity contribution in [2.75, 3.05) is 6.61 Å². The van der Waals surface area contributed by atoms with Gasteiger partial charge in [0.05, 0.1) is 11.6 Å². The van der Waals surface area contributed by atoms with E-state index in [-0.39, 0.29) is 11.6 Å². The minimum absolute atomic E-state index is 0.0225. The molecule has 0 saturated heterocycles. The molecular formula is C11H8ClFO2. The number of benzene rings is 1. The topological polar surface area (TPSA) is 26.3 Å². The minimum Gasteiger partial charge on any atom is -0.456 e. The maximum atomic E-state index is 12.7. The molecule has 0 atom stereocenters. The fraction of sp³-hybridized carbons (Fsp3) is 0.182. The maximum absolute atomic E-state index is 12.7. The second-order valence-corrected chi connectivity index (χ2v) is 3.01. The SMILES string of the molecule is CCOC(=O)C#Cc1ccc(F)c(Cl)c1. The molecule has 0 fully saturated rings. The van der Waals surface area contributed by atoms with Crippen LogP contribution in [0.1, 0.15) is 12.5 Å². The summed E-state index contributed by atoms with van der Waals surface area (Å²) in [6.07, 6.45) is 0. The van der Waals surface area contributed by atoms with E-state index in [4.69, 9.17) is 11.6 Å². The number of carbonyl (C=O) groups excluding carboxylic acids is 1. The Morgan fingerprint density at radius 3 is 2.93 bits per heavy atom. The summed E-state index contributed by atoms with van der Waals surface area (Å²) in [7, 11) is 0. The van der Waals surface area contributed by atoms with E-state index in [2.05, 4.69) is 16.6 Å². The van der Waals surface area contributed by atoms with Crippen LogP contribution in [0.3, 0.4) is 0 Å². The molecule has 0 radical (unpaired) electrons. The molecule has 0 unspecified atom stereocenters. The highest BCUT2D eigenvalue weighted by atomic mass is 35.5. The van der Waals surface area contributed by atoms with Crippen molar-refractivity contribution in [3.63, 3.8) is 0 Å². The molecule has 0 aromatic heterocycles. The van der Waals surface area contributed by atoms with Gasteiger partial charge in [0.15, 0.2) is 0 Å². The van der Waals surface area contributed by atoms with Gasteiger partial charge in [-0.2, -0.15) is 0 Å². The van der Waals surface area contributed by atoms with E-state index in [0.717, 1.165) is 0 Å². The van der Waals surface area contributed by atoms with Crippen LogP contribution in [0.5, 0.6) is 0 Å². The number of hydrogen-bond donors (Lipinski definition) is 0. The number of rotatable bonds is 1. The van der Waals surface area contributed by atoms with E-state index in [0.29, 0.717) is 5.56 Å². The zero-order chi connectivity index (χ0) is 11.3. The van der Waals surface area contributed by atoms with Crippen molar-refractivity contribution in [3.05, 3.63) is 34.6 Å². The smallest absolute Gasteiger partial charge is 0.384 e. The lowest BCUT2D eigenvalue weighted by Gasteiger charge is -1.94. The average Bonchev–Trinajstić information content (AvgIpc) is 2.20. The summed E-state index contributed by atoms with van der Waals surface area (Å²) in [5.74, 6) is 3.65. The molecule has 2 nitrogen and oxygen atoms in total. The first-order valence-corrected chi connectivity index (χ1v) is 4.65. The first kappa shape index (κ1) is 11.5. The van der Waals surface area contributed by atoms with Crippen LogP contribution in [0.25, 0.3) is 0 Å². The predicted octanol–water partition coefficient (Wildman–Crippen LogP) is 2.39. The molecule has 0 aliphatic rings. The standard InChI is InChI=1S/C11H8ClFO2/c1-2-15-11(14)6-4-8-3-5-10(13)9(12)7-8/h3,5,7H,2H2,1H3. The van der Waals surface area contributed by atoms with E-state index in [1.54, 1.807) is 6.92 Å². The van der Waals surface area contributed by atoms with Crippen LogP contribution in [-0.2, 0) is 9.53 Å². The summed E-state index contributed by atoms with van der Waals surface area (Å²) in [6, 6.07) is 3.98. The molecule has 0 N–H and O–H groups in total. The monoisotopic (exact) mass is 226 g/mol. The van der Waals surface area contributed by atoms with Gasteiger partial charge >= 0.3 is 5.97 Å². The minimum atomic E-state index is -0.613. The number of hydrogen-bond acceptors (Lipinski definition) is 2. The van der Waals surface area contributed by atoms with Crippen molar-refractivity contribution in [3.8, 4) is 11.8 Å². The molecule has 78 valence electrons. The highest BCUT2D eigenvalue weighted by Gasteiger charge is 1.99. The van der Waals surface area contributed by atoms with Gasteiger partial charge in [-0.05, 0) is 25.1 Å². The highest BCUT2D eigenvalue weighted by molar-refractivity contribution is 6.30. The molecule has 1 rings (SSSR count). The van der Waals surface area contributed by atoms with Crippen molar-refractivity contribution in [1.29, 1.82) is 0 Å². The fourth-order valence-electron chi connectivity index (χ4n) is 0.864. The Kier molecular flexibility index (Phi) is 4.14. The Bertz CT molecular complexity index is 432. The Labute approximate surface area is 92.0 Å². The summed E-state index contributed by atoms with van der Waals surface area (Å²) < 4.78 is 17.3. The summed E-state index contributed by atoms with van der Waals surface area (Å²) in [5, 5.41) is -0.0225. The number of halogens is 2. The van der Waals surface area contributed by atoms with Crippen LogP contribution >= 0.6 is 11.6 Å². The van der Waals surface area contributed by atoms with Crippen molar-refractivity contribution in [2.45, 2.75) is 6.92 Å². The molecule has 0 aliphatic heterocycles. The second kappa shape index (κ2) is 5.38. The van der Waals surface area contributed by atoms with E-state index in [1.165, 1.54) is 18.2 Å². The van der Waals surface area contributed by atoms with Crippen LogP contribution in [-0.4, -0.2) is 12.6 Å². The van der Waals surface area contributed by atoms with Gasteiger partial charge in [-0.1, -0.05) is 17.5 Å². The lowest BCUT2D eigenvalue weighted by Crippen LogP contribution is -1.99. The quantitative estimate of drug-likeness (QED) is 0.543. The third kappa shape index (κ3) is 3.61. The number of carbonyl (C=O) groups is 1. The van der Waals surface area contributed by atoms with Crippen LogP contribution in [0.2, 0.25) is 5.02 Å². The molecule has 0 amide bonds. The summed E-state index contributed by atoms with van der Waals surface area (Å²) in [5.41, 5.74) is 0.467. The Morgan fingerprint density at radius 2 is 2.33 bits per heavy atom. The van der Waals surface area contributed by atoms with Crippen molar-refractivity contribution >= 4 is 17.6 Å². The van der Waals surface area contributed by atoms with E-state index in [9.17, 15) is 9.18 Å². The summed E-state index contributed by atoms with van der Waals surface area (Å²) >= 11 is 5.53. The van der Waals surface area contributed by atoms with E-state index >= 15 is 0 Å². The van der Waals surface area contributed by atoms with Gasteiger partial charge in [0, 0.05) is 11.5 Å². The number of ether oxygens (including phenoxy) is 1. The van der Waals surface area contributed by atoms with Gasteiger partial charge < -0.3 is 4.74 Å². The first-order valence-electron chi connectivity index (χ1n) is 4.27. The van der Waals surface area contributed by atoms with Crippen LogP contribution < -0.4 is 0 Å². The van der Waals surface area contributed by atoms with Gasteiger partial charge in [-0.3, -0.25) is 0 Å². The summed E-state index contributed by atoms with van der Waals surface area (Å²) in [6.45, 7) is 1.96. The Morgan fingerprint density at radius 1 is 1.60 bits per heavy atom. The number of esters is 1. The van der Waals surface area contributed by atoms with Crippen molar-refractivity contribution in [2.24, 2.45) is 0 Å². The van der Waals surface area contributed by atoms with Crippen molar-refractivity contribution in [1.82, 2.24) is 0 Å². The zero-order valence-corrected chi connectivity index (χ0v) is 8.77. The van der Waals surface area contributed by atoms with Gasteiger partial charge in [0.2, 0.25) is 0 Å². The highest BCUT2D eigenvalue weighted by Crippen LogP contribution is 2.15. The molecule has 0 aliphatic carbocycles. The van der Waals surface area contributed by atoms with Crippen LogP contribution in [0.15, 0.2) is 18.2 Å². The molecule has 0 heterocycles. The largest absolute Gasteiger partial charge is 0.456 e. The van der Waals surface area contributed by atoms with Gasteiger partial charge in [-0.25, -0.2) is 9.18 Å². The third-order valence-electron chi connectivity index (χ3n) is 1.50. The predicted molar refractivity (Wildman–Crippen MR) is 54.9 cm³/mol. The third-order valence-corrected chi connectivity index (χ3v) is 1.79. The molecule has 15 heavy (non-hydrogen) atoms. The van der Waals surface area contributed by atoms with Crippen LogP contribution in [0.4, 0.5) is 4.39 Å². The van der Waals surface area contributed by atoms with Crippen LogP contribution in [0, 0.1) is 17.7 Å². The Hall–Kier alpha value is -1.53. The van der Waals surface area contributed by atoms with Gasteiger partial charge in [-0.15, -0.1) is 0 Å². The lowest BCUT2D eigenvalue weighted by molar-refractivity contribution is -0.136. The molecule has 4 heteroatoms. The lowest BCUT2D eigenvalue weighted by atomic mass is 10.2. The first-order chi connectivity index (χ1) is 7.13. The molecule has 0 bridgehead atoms. The summed E-state index contributed by atoms with van der Waals surface area (Å²) in [4.78, 5) is 10.9. The maximum Gasteiger partial charge on any atom is 0.384 e. The molecule has 0 saturated carbocycles. The van der Waals surface area contributed by atoms with Crippen molar-refractivity contribution < 1.29 is 13.9 Å². The van der Waals surface area contributed by atoms with Gasteiger partial charge in [0.1, 0.15) is 5.82 Å². The van der Waals surface area contributed by atoms with E-state index in [1.807, 2.05) is 0 Å². The Balaban J connectivity index is 2.80. The molecule has 0 spiro atoms.